The predicted molar refractivity (Wildman–Crippen MR) is 64.7 cm³/mol. The summed E-state index contributed by atoms with van der Waals surface area (Å²) in [7, 11) is 0. The zero-order valence-corrected chi connectivity index (χ0v) is 11.3. The van der Waals surface area contributed by atoms with Gasteiger partial charge in [-0.3, -0.25) is 4.79 Å². The summed E-state index contributed by atoms with van der Waals surface area (Å²) >= 11 is 3.42. The van der Waals surface area contributed by atoms with E-state index >= 15 is 0 Å². The summed E-state index contributed by atoms with van der Waals surface area (Å²) in [6.45, 7) is 9.23. The minimum Gasteiger partial charge on any atom is -0.356 e. The number of halogens is 1. The molecule has 0 unspecified atom stereocenters. The number of hydrogen-bond acceptors (Lipinski definition) is 1. The Bertz CT molecular complexity index is 178. The van der Waals surface area contributed by atoms with Crippen LogP contribution in [0.25, 0.3) is 0 Å². The standard InChI is InChI=1S/C11H22BrNO/c1-9(2)7-10(14)13-8-11(3,4)5-6-12/h9H,5-8H2,1-4H3,(H,13,14). The molecular weight excluding hydrogens is 242 g/mol. The molecule has 14 heavy (non-hydrogen) atoms. The number of alkyl halides is 1. The van der Waals surface area contributed by atoms with Crippen LogP contribution in [0.2, 0.25) is 0 Å². The van der Waals surface area contributed by atoms with Gasteiger partial charge in [0.25, 0.3) is 0 Å². The van der Waals surface area contributed by atoms with Crippen molar-refractivity contribution in [1.29, 1.82) is 0 Å². The Morgan fingerprint density at radius 2 is 2.00 bits per heavy atom. The summed E-state index contributed by atoms with van der Waals surface area (Å²) < 4.78 is 0. The van der Waals surface area contributed by atoms with E-state index in [1.54, 1.807) is 0 Å². The van der Waals surface area contributed by atoms with Crippen LogP contribution >= 0.6 is 15.9 Å². The number of carbonyl (C=O) groups is 1. The van der Waals surface area contributed by atoms with Crippen LogP contribution < -0.4 is 5.32 Å². The summed E-state index contributed by atoms with van der Waals surface area (Å²) in [5.41, 5.74) is 0.191. The second-order valence-electron chi connectivity index (χ2n) is 4.98. The third-order valence-corrected chi connectivity index (χ3v) is 2.53. The van der Waals surface area contributed by atoms with Gasteiger partial charge in [-0.2, -0.15) is 0 Å². The Morgan fingerprint density at radius 3 is 2.43 bits per heavy atom. The first-order chi connectivity index (χ1) is 6.37. The van der Waals surface area contributed by atoms with Gasteiger partial charge in [0.05, 0.1) is 0 Å². The molecule has 0 aromatic heterocycles. The highest BCUT2D eigenvalue weighted by Crippen LogP contribution is 2.19. The number of rotatable bonds is 6. The van der Waals surface area contributed by atoms with Crippen LogP contribution in [0.4, 0.5) is 0 Å². The first kappa shape index (κ1) is 13.9. The summed E-state index contributed by atoms with van der Waals surface area (Å²) in [6, 6.07) is 0. The molecule has 1 amide bonds. The van der Waals surface area contributed by atoms with Gasteiger partial charge < -0.3 is 5.32 Å². The Hall–Kier alpha value is -0.0500. The van der Waals surface area contributed by atoms with Crippen molar-refractivity contribution in [3.8, 4) is 0 Å². The quantitative estimate of drug-likeness (QED) is 0.734. The fourth-order valence-corrected chi connectivity index (χ4v) is 2.20. The number of hydrogen-bond donors (Lipinski definition) is 1. The monoisotopic (exact) mass is 263 g/mol. The molecule has 0 saturated heterocycles. The summed E-state index contributed by atoms with van der Waals surface area (Å²) in [5.74, 6) is 0.608. The molecule has 0 spiro atoms. The highest BCUT2D eigenvalue weighted by atomic mass is 79.9. The van der Waals surface area contributed by atoms with Crippen molar-refractivity contribution in [2.24, 2.45) is 11.3 Å². The van der Waals surface area contributed by atoms with E-state index in [9.17, 15) is 4.79 Å². The van der Waals surface area contributed by atoms with E-state index in [1.165, 1.54) is 0 Å². The molecule has 0 aliphatic carbocycles. The van der Waals surface area contributed by atoms with Crippen LogP contribution in [0.5, 0.6) is 0 Å². The molecule has 0 heterocycles. The lowest BCUT2D eigenvalue weighted by Crippen LogP contribution is -2.34. The third-order valence-electron chi connectivity index (χ3n) is 2.13. The second kappa shape index (κ2) is 6.44. The lowest BCUT2D eigenvalue weighted by molar-refractivity contribution is -0.122. The number of nitrogens with one attached hydrogen (secondary N) is 1. The average molecular weight is 264 g/mol. The molecule has 1 N–H and O–H groups in total. The maximum atomic E-state index is 11.4. The molecule has 0 aliphatic heterocycles. The van der Waals surface area contributed by atoms with Crippen molar-refractivity contribution in [2.75, 3.05) is 11.9 Å². The lowest BCUT2D eigenvalue weighted by atomic mass is 9.90. The fourth-order valence-electron chi connectivity index (χ4n) is 1.13. The molecule has 84 valence electrons. The maximum Gasteiger partial charge on any atom is 0.220 e. The minimum atomic E-state index is 0.169. The van der Waals surface area contributed by atoms with E-state index in [4.69, 9.17) is 0 Å². The van der Waals surface area contributed by atoms with Crippen LogP contribution in [0.1, 0.15) is 40.5 Å². The topological polar surface area (TPSA) is 29.1 Å². The molecule has 0 rings (SSSR count). The molecule has 0 bridgehead atoms. The van der Waals surface area contributed by atoms with Crippen molar-refractivity contribution < 1.29 is 4.79 Å². The molecule has 0 radical (unpaired) electrons. The van der Waals surface area contributed by atoms with Crippen LogP contribution in [0, 0.1) is 11.3 Å². The van der Waals surface area contributed by atoms with E-state index in [-0.39, 0.29) is 11.3 Å². The van der Waals surface area contributed by atoms with Gasteiger partial charge in [-0.1, -0.05) is 43.6 Å². The van der Waals surface area contributed by atoms with E-state index in [2.05, 4.69) is 48.9 Å². The SMILES string of the molecule is CC(C)CC(=O)NCC(C)(C)CCBr. The van der Waals surface area contributed by atoms with Gasteiger partial charge in [0.15, 0.2) is 0 Å². The van der Waals surface area contributed by atoms with Crippen molar-refractivity contribution in [1.82, 2.24) is 5.32 Å². The Balaban J connectivity index is 3.75. The van der Waals surface area contributed by atoms with Gasteiger partial charge >= 0.3 is 0 Å². The maximum absolute atomic E-state index is 11.4. The summed E-state index contributed by atoms with van der Waals surface area (Å²) in [5, 5.41) is 3.97. The van der Waals surface area contributed by atoms with E-state index in [0.717, 1.165) is 18.3 Å². The van der Waals surface area contributed by atoms with Crippen molar-refractivity contribution in [2.45, 2.75) is 40.5 Å². The van der Waals surface area contributed by atoms with Gasteiger partial charge in [-0.15, -0.1) is 0 Å². The molecule has 0 aromatic rings. The molecule has 3 heteroatoms. The average Bonchev–Trinajstić information content (AvgIpc) is 2.00. The van der Waals surface area contributed by atoms with E-state index in [0.29, 0.717) is 12.3 Å². The smallest absolute Gasteiger partial charge is 0.220 e. The van der Waals surface area contributed by atoms with Gasteiger partial charge in [0.1, 0.15) is 0 Å². The van der Waals surface area contributed by atoms with Crippen LogP contribution in [0.3, 0.4) is 0 Å². The molecule has 0 aromatic carbocycles. The summed E-state index contributed by atoms with van der Waals surface area (Å²) in [6.07, 6.45) is 1.71. The lowest BCUT2D eigenvalue weighted by Gasteiger charge is -2.24. The van der Waals surface area contributed by atoms with Gasteiger partial charge in [0.2, 0.25) is 5.91 Å². The van der Waals surface area contributed by atoms with Gasteiger partial charge in [-0.05, 0) is 17.8 Å². The zero-order valence-electron chi connectivity index (χ0n) is 9.69. The van der Waals surface area contributed by atoms with Crippen molar-refractivity contribution in [3.63, 3.8) is 0 Å². The largest absolute Gasteiger partial charge is 0.356 e. The van der Waals surface area contributed by atoms with Gasteiger partial charge in [-0.25, -0.2) is 0 Å². The molecule has 2 nitrogen and oxygen atoms in total. The first-order valence-electron chi connectivity index (χ1n) is 5.20. The molecule has 0 atom stereocenters. The Morgan fingerprint density at radius 1 is 1.43 bits per heavy atom. The molecule has 0 fully saturated rings. The van der Waals surface area contributed by atoms with Crippen LogP contribution in [0.15, 0.2) is 0 Å². The van der Waals surface area contributed by atoms with E-state index in [1.807, 2.05) is 0 Å². The fraction of sp³-hybridized carbons (Fsp3) is 0.909. The third kappa shape index (κ3) is 7.36. The minimum absolute atomic E-state index is 0.169. The highest BCUT2D eigenvalue weighted by Gasteiger charge is 2.17. The van der Waals surface area contributed by atoms with Crippen molar-refractivity contribution in [3.05, 3.63) is 0 Å². The number of carbonyl (C=O) groups excluding carboxylic acids is 1. The zero-order chi connectivity index (χ0) is 11.2. The Kier molecular flexibility index (Phi) is 6.41. The van der Waals surface area contributed by atoms with Crippen LogP contribution in [-0.2, 0) is 4.79 Å². The van der Waals surface area contributed by atoms with Crippen LogP contribution in [-0.4, -0.2) is 17.8 Å². The normalized spacial score (nSPS) is 11.9. The Labute approximate surface area is 96.0 Å². The second-order valence-corrected chi connectivity index (χ2v) is 5.77. The van der Waals surface area contributed by atoms with Crippen molar-refractivity contribution >= 4 is 21.8 Å². The predicted octanol–water partition coefficient (Wildman–Crippen LogP) is 2.96. The summed E-state index contributed by atoms with van der Waals surface area (Å²) in [4.78, 5) is 11.4. The highest BCUT2D eigenvalue weighted by molar-refractivity contribution is 9.09. The number of amides is 1. The van der Waals surface area contributed by atoms with E-state index < -0.39 is 0 Å². The molecule has 0 saturated carbocycles. The molecular formula is C11H22BrNO. The van der Waals surface area contributed by atoms with Gasteiger partial charge in [0, 0.05) is 18.3 Å². The molecule has 0 aliphatic rings. The first-order valence-corrected chi connectivity index (χ1v) is 6.32.